The van der Waals surface area contributed by atoms with E-state index >= 15 is 0 Å². The third kappa shape index (κ3) is 4.28. The Balaban J connectivity index is 2.09. The molecule has 2 heteroatoms. The summed E-state index contributed by atoms with van der Waals surface area (Å²) in [7, 11) is 0. The van der Waals surface area contributed by atoms with E-state index in [0.717, 1.165) is 36.8 Å². The van der Waals surface area contributed by atoms with Gasteiger partial charge < -0.3 is 4.74 Å². The second-order valence-corrected chi connectivity index (χ2v) is 6.80. The molecule has 0 spiro atoms. The van der Waals surface area contributed by atoms with Gasteiger partial charge in [-0.2, -0.15) is 0 Å². The van der Waals surface area contributed by atoms with E-state index in [1.54, 1.807) is 0 Å². The molecule has 0 aliphatic heterocycles. The lowest BCUT2D eigenvalue weighted by Crippen LogP contribution is -2.40. The number of carbonyl (C=O) groups excluding carboxylic acids is 1. The number of rotatable bonds is 8. The number of hydrogen-bond donors (Lipinski definition) is 0. The maximum Gasteiger partial charge on any atom is 0.326 e. The van der Waals surface area contributed by atoms with Crippen LogP contribution in [0.1, 0.15) is 43.7 Å². The lowest BCUT2D eigenvalue weighted by Gasteiger charge is -2.33. The number of hydrogen-bond acceptors (Lipinski definition) is 2. The largest absolute Gasteiger partial charge is 0.426 e. The molecule has 138 valence electrons. The van der Waals surface area contributed by atoms with Crippen molar-refractivity contribution in [3.63, 3.8) is 0 Å². The molecule has 0 unspecified atom stereocenters. The zero-order valence-corrected chi connectivity index (χ0v) is 15.8. The lowest BCUT2D eigenvalue weighted by molar-refractivity contribution is -0.139. The number of carbonyl (C=O) groups is 1. The highest BCUT2D eigenvalue weighted by Gasteiger charge is 2.43. The molecular formula is C25H26O2. The highest BCUT2D eigenvalue weighted by Crippen LogP contribution is 2.39. The molecule has 0 aliphatic carbocycles. The Morgan fingerprint density at radius 3 is 1.70 bits per heavy atom. The highest BCUT2D eigenvalue weighted by atomic mass is 16.5. The van der Waals surface area contributed by atoms with Crippen LogP contribution in [0.5, 0.6) is 5.75 Å². The van der Waals surface area contributed by atoms with Gasteiger partial charge in [0.25, 0.3) is 0 Å². The Morgan fingerprint density at radius 2 is 1.22 bits per heavy atom. The Labute approximate surface area is 161 Å². The van der Waals surface area contributed by atoms with E-state index < -0.39 is 5.41 Å². The maximum atomic E-state index is 13.6. The maximum absolute atomic E-state index is 13.6. The van der Waals surface area contributed by atoms with Crippen molar-refractivity contribution in [2.45, 2.75) is 38.0 Å². The molecule has 3 aromatic rings. The highest BCUT2D eigenvalue weighted by molar-refractivity contribution is 5.89. The predicted molar refractivity (Wildman–Crippen MR) is 110 cm³/mol. The molecule has 0 fully saturated rings. The first kappa shape index (κ1) is 18.9. The number of benzene rings is 3. The van der Waals surface area contributed by atoms with Crippen molar-refractivity contribution in [3.8, 4) is 5.75 Å². The average molecular weight is 358 g/mol. The first-order valence-corrected chi connectivity index (χ1v) is 9.66. The van der Waals surface area contributed by atoms with Gasteiger partial charge in [0, 0.05) is 0 Å². The standard InChI is InChI=1S/C25H26O2/c1-2-3-13-20-25(21-14-7-4-8-15-21,22-16-9-5-10-17-22)24(26)27-23-18-11-6-12-19-23/h4-12,14-19H,2-3,13,20H2,1H3. The molecule has 0 N–H and O–H groups in total. The van der Waals surface area contributed by atoms with Gasteiger partial charge in [0.15, 0.2) is 0 Å². The summed E-state index contributed by atoms with van der Waals surface area (Å²) in [5, 5.41) is 0. The van der Waals surface area contributed by atoms with Crippen molar-refractivity contribution < 1.29 is 9.53 Å². The monoisotopic (exact) mass is 358 g/mol. The SMILES string of the molecule is CCCCCC(C(=O)Oc1ccccc1)(c1ccccc1)c1ccccc1. The number of esters is 1. The van der Waals surface area contributed by atoms with E-state index in [9.17, 15) is 4.79 Å². The Hall–Kier alpha value is -2.87. The second kappa shape index (κ2) is 9.18. The summed E-state index contributed by atoms with van der Waals surface area (Å²) in [4.78, 5) is 13.6. The Morgan fingerprint density at radius 1 is 0.741 bits per heavy atom. The van der Waals surface area contributed by atoms with E-state index in [1.807, 2.05) is 91.0 Å². The van der Waals surface area contributed by atoms with Gasteiger partial charge in [-0.05, 0) is 29.7 Å². The van der Waals surface area contributed by atoms with Crippen LogP contribution in [0, 0.1) is 0 Å². The normalized spacial score (nSPS) is 11.1. The number of ether oxygens (including phenoxy) is 1. The van der Waals surface area contributed by atoms with Crippen LogP contribution in [0.4, 0.5) is 0 Å². The van der Waals surface area contributed by atoms with Crippen LogP contribution in [0.15, 0.2) is 91.0 Å². The summed E-state index contributed by atoms with van der Waals surface area (Å²) in [5.41, 5.74) is 1.15. The van der Waals surface area contributed by atoms with Crippen LogP contribution in [-0.4, -0.2) is 5.97 Å². The van der Waals surface area contributed by atoms with Crippen LogP contribution < -0.4 is 4.74 Å². The first-order chi connectivity index (χ1) is 13.3. The summed E-state index contributed by atoms with van der Waals surface area (Å²) in [6.45, 7) is 2.18. The molecule has 2 nitrogen and oxygen atoms in total. The van der Waals surface area contributed by atoms with Crippen LogP contribution in [0.25, 0.3) is 0 Å². The molecular weight excluding hydrogens is 332 g/mol. The van der Waals surface area contributed by atoms with Gasteiger partial charge in [0.2, 0.25) is 0 Å². The molecule has 3 rings (SSSR count). The molecule has 0 aliphatic rings. The Bertz CT molecular complexity index is 786. The molecule has 0 atom stereocenters. The van der Waals surface area contributed by atoms with Gasteiger partial charge in [0.05, 0.1) is 0 Å². The topological polar surface area (TPSA) is 26.3 Å². The zero-order valence-electron chi connectivity index (χ0n) is 15.8. The van der Waals surface area contributed by atoms with Gasteiger partial charge in [-0.25, -0.2) is 0 Å². The zero-order chi connectivity index (χ0) is 19.0. The molecule has 0 amide bonds. The predicted octanol–water partition coefficient (Wildman–Crippen LogP) is 6.16. The number of unbranched alkanes of at least 4 members (excludes halogenated alkanes) is 2. The van der Waals surface area contributed by atoms with Crippen LogP contribution in [0.3, 0.4) is 0 Å². The minimum Gasteiger partial charge on any atom is -0.426 e. The third-order valence-electron chi connectivity index (χ3n) is 4.99. The fraction of sp³-hybridized carbons (Fsp3) is 0.240. The van der Waals surface area contributed by atoms with Gasteiger partial charge in [-0.15, -0.1) is 0 Å². The Kier molecular flexibility index (Phi) is 6.43. The van der Waals surface area contributed by atoms with E-state index in [2.05, 4.69) is 6.92 Å². The lowest BCUT2D eigenvalue weighted by atomic mass is 9.71. The fourth-order valence-corrected chi connectivity index (χ4v) is 3.56. The summed E-state index contributed by atoms with van der Waals surface area (Å²) in [5.74, 6) is 0.358. The van der Waals surface area contributed by atoms with Crippen LogP contribution in [0.2, 0.25) is 0 Å². The van der Waals surface area contributed by atoms with Crippen LogP contribution >= 0.6 is 0 Å². The van der Waals surface area contributed by atoms with E-state index in [4.69, 9.17) is 4.74 Å². The van der Waals surface area contributed by atoms with E-state index in [0.29, 0.717) is 5.75 Å². The molecule has 0 bridgehead atoms. The van der Waals surface area contributed by atoms with Gasteiger partial charge in [0.1, 0.15) is 11.2 Å². The van der Waals surface area contributed by atoms with E-state index in [1.165, 1.54) is 0 Å². The third-order valence-corrected chi connectivity index (χ3v) is 4.99. The smallest absolute Gasteiger partial charge is 0.326 e. The molecule has 0 saturated heterocycles. The number of para-hydroxylation sites is 1. The minimum absolute atomic E-state index is 0.220. The van der Waals surface area contributed by atoms with Crippen molar-refractivity contribution in [1.82, 2.24) is 0 Å². The molecule has 0 saturated carbocycles. The minimum atomic E-state index is -0.812. The molecule has 0 aromatic heterocycles. The molecule has 0 heterocycles. The van der Waals surface area contributed by atoms with Crippen LogP contribution in [-0.2, 0) is 10.2 Å². The summed E-state index contributed by atoms with van der Waals surface area (Å²) in [6, 6.07) is 29.4. The average Bonchev–Trinajstić information content (AvgIpc) is 2.73. The van der Waals surface area contributed by atoms with Crippen molar-refractivity contribution in [2.24, 2.45) is 0 Å². The van der Waals surface area contributed by atoms with Crippen molar-refractivity contribution >= 4 is 5.97 Å². The summed E-state index contributed by atoms with van der Waals surface area (Å²) >= 11 is 0. The van der Waals surface area contributed by atoms with E-state index in [-0.39, 0.29) is 5.97 Å². The first-order valence-electron chi connectivity index (χ1n) is 9.66. The van der Waals surface area contributed by atoms with Gasteiger partial charge >= 0.3 is 5.97 Å². The molecule has 27 heavy (non-hydrogen) atoms. The van der Waals surface area contributed by atoms with Crippen molar-refractivity contribution in [3.05, 3.63) is 102 Å². The van der Waals surface area contributed by atoms with Gasteiger partial charge in [-0.1, -0.05) is 105 Å². The molecule has 0 radical (unpaired) electrons. The quantitative estimate of drug-likeness (QED) is 0.274. The second-order valence-electron chi connectivity index (χ2n) is 6.80. The van der Waals surface area contributed by atoms with Gasteiger partial charge in [-0.3, -0.25) is 4.79 Å². The fourth-order valence-electron chi connectivity index (χ4n) is 3.56. The van der Waals surface area contributed by atoms with Crippen molar-refractivity contribution in [1.29, 1.82) is 0 Å². The summed E-state index contributed by atoms with van der Waals surface area (Å²) < 4.78 is 5.88. The summed E-state index contributed by atoms with van der Waals surface area (Å²) in [6.07, 6.45) is 3.87. The molecule has 3 aromatic carbocycles. The van der Waals surface area contributed by atoms with Crippen molar-refractivity contribution in [2.75, 3.05) is 0 Å².